The van der Waals surface area contributed by atoms with E-state index in [-0.39, 0.29) is 6.04 Å². The van der Waals surface area contributed by atoms with Gasteiger partial charge in [-0.2, -0.15) is 0 Å². The van der Waals surface area contributed by atoms with Crippen LogP contribution < -0.4 is 11.1 Å². The summed E-state index contributed by atoms with van der Waals surface area (Å²) in [5.74, 6) is 3.12. The molecular formula is C13H24N4. The summed E-state index contributed by atoms with van der Waals surface area (Å²) in [6.07, 6.45) is 8.71. The number of nitrogens with zero attached hydrogens (tertiary/aromatic N) is 2. The summed E-state index contributed by atoms with van der Waals surface area (Å²) < 4.78 is 0. The summed E-state index contributed by atoms with van der Waals surface area (Å²) in [6, 6.07) is 0.538. The van der Waals surface area contributed by atoms with Gasteiger partial charge in [0.25, 0.3) is 0 Å². The summed E-state index contributed by atoms with van der Waals surface area (Å²) >= 11 is 0. The van der Waals surface area contributed by atoms with Crippen LogP contribution in [0.4, 0.5) is 0 Å². The van der Waals surface area contributed by atoms with Crippen molar-refractivity contribution in [2.75, 3.05) is 19.6 Å². The average Bonchev–Trinajstić information content (AvgIpc) is 2.80. The molecule has 0 aromatic rings. The maximum atomic E-state index is 5.82. The number of likely N-dealkylation sites (N-methyl/N-ethyl adjacent to an activating group) is 1. The van der Waals surface area contributed by atoms with Crippen LogP contribution in [0.5, 0.6) is 0 Å². The summed E-state index contributed by atoms with van der Waals surface area (Å²) in [5, 5.41) is 3.05. The Labute approximate surface area is 105 Å². The molecule has 2 unspecified atom stereocenters. The lowest BCUT2D eigenvalue weighted by Crippen LogP contribution is -2.40. The monoisotopic (exact) mass is 236 g/mol. The highest BCUT2D eigenvalue weighted by Crippen LogP contribution is 2.16. The van der Waals surface area contributed by atoms with Crippen molar-refractivity contribution in [3.8, 4) is 12.3 Å². The second-order valence-corrected chi connectivity index (χ2v) is 4.42. The number of nitrogens with one attached hydrogen (secondary N) is 1. The lowest BCUT2D eigenvalue weighted by molar-refractivity contribution is 0.273. The van der Waals surface area contributed by atoms with E-state index < -0.39 is 0 Å². The largest absolute Gasteiger partial charge is 0.370 e. The van der Waals surface area contributed by atoms with E-state index in [2.05, 4.69) is 28.1 Å². The van der Waals surface area contributed by atoms with Crippen molar-refractivity contribution >= 4 is 5.96 Å². The van der Waals surface area contributed by atoms with Crippen LogP contribution in [0, 0.1) is 12.3 Å². The second-order valence-electron chi connectivity index (χ2n) is 4.42. The minimum Gasteiger partial charge on any atom is -0.370 e. The van der Waals surface area contributed by atoms with Crippen molar-refractivity contribution in [3.63, 3.8) is 0 Å². The maximum Gasteiger partial charge on any atom is 0.189 e. The zero-order valence-corrected chi connectivity index (χ0v) is 10.9. The minimum absolute atomic E-state index is 0.00962. The molecule has 96 valence electrons. The molecule has 1 heterocycles. The lowest BCUT2D eigenvalue weighted by Gasteiger charge is -2.21. The van der Waals surface area contributed by atoms with Gasteiger partial charge in [0.05, 0.1) is 12.6 Å². The number of terminal acetylenes is 1. The molecule has 0 aromatic carbocycles. The molecule has 0 spiro atoms. The Bertz CT molecular complexity index is 292. The molecule has 0 amide bonds. The van der Waals surface area contributed by atoms with E-state index in [9.17, 15) is 0 Å². The fourth-order valence-electron chi connectivity index (χ4n) is 2.21. The van der Waals surface area contributed by atoms with Gasteiger partial charge in [-0.1, -0.05) is 19.8 Å². The molecule has 1 aliphatic rings. The zero-order valence-electron chi connectivity index (χ0n) is 10.9. The molecule has 0 saturated carbocycles. The Morgan fingerprint density at radius 2 is 2.41 bits per heavy atom. The van der Waals surface area contributed by atoms with Crippen LogP contribution in [-0.2, 0) is 0 Å². The van der Waals surface area contributed by atoms with Crippen molar-refractivity contribution in [2.45, 2.75) is 45.2 Å². The molecule has 4 heteroatoms. The van der Waals surface area contributed by atoms with Gasteiger partial charge in [-0.15, -0.1) is 6.42 Å². The highest BCUT2D eigenvalue weighted by molar-refractivity contribution is 5.78. The maximum absolute atomic E-state index is 5.82. The molecule has 0 aromatic heterocycles. The van der Waals surface area contributed by atoms with E-state index >= 15 is 0 Å². The first-order valence-corrected chi connectivity index (χ1v) is 6.47. The quantitative estimate of drug-likeness (QED) is 0.421. The SMILES string of the molecule is C#CC(CC)NC(N)=NCC1CCCN1CC. The van der Waals surface area contributed by atoms with Gasteiger partial charge < -0.3 is 11.1 Å². The Hall–Kier alpha value is -1.21. The van der Waals surface area contributed by atoms with Crippen LogP contribution in [0.2, 0.25) is 0 Å². The highest BCUT2D eigenvalue weighted by atomic mass is 15.2. The number of hydrogen-bond donors (Lipinski definition) is 2. The molecule has 0 aliphatic carbocycles. The van der Waals surface area contributed by atoms with Crippen LogP contribution >= 0.6 is 0 Å². The van der Waals surface area contributed by atoms with E-state index in [4.69, 9.17) is 12.2 Å². The number of hydrogen-bond acceptors (Lipinski definition) is 2. The lowest BCUT2D eigenvalue weighted by atomic mass is 10.2. The standard InChI is InChI=1S/C13H24N4/c1-4-11(5-2)16-13(14)15-10-12-8-7-9-17(12)6-3/h1,11-12H,5-10H2,2-3H3,(H3,14,15,16). The Kier molecular flexibility index (Phi) is 5.85. The molecule has 1 rings (SSSR count). The van der Waals surface area contributed by atoms with Gasteiger partial charge in [0.1, 0.15) is 0 Å². The molecular weight excluding hydrogens is 212 g/mol. The second kappa shape index (κ2) is 7.18. The van der Waals surface area contributed by atoms with Gasteiger partial charge >= 0.3 is 0 Å². The first kappa shape index (κ1) is 13.9. The molecule has 3 N–H and O–H groups in total. The summed E-state index contributed by atoms with van der Waals surface area (Å²) in [4.78, 5) is 6.84. The summed E-state index contributed by atoms with van der Waals surface area (Å²) in [6.45, 7) is 7.27. The van der Waals surface area contributed by atoms with Crippen molar-refractivity contribution in [2.24, 2.45) is 10.7 Å². The summed E-state index contributed by atoms with van der Waals surface area (Å²) in [5.41, 5.74) is 5.82. The Balaban J connectivity index is 2.39. The molecule has 0 bridgehead atoms. The third kappa shape index (κ3) is 4.27. The third-order valence-corrected chi connectivity index (χ3v) is 3.31. The minimum atomic E-state index is -0.00962. The van der Waals surface area contributed by atoms with Crippen LogP contribution in [0.3, 0.4) is 0 Å². The number of nitrogens with two attached hydrogens (primary N) is 1. The number of aliphatic imine (C=N–C) groups is 1. The first-order valence-electron chi connectivity index (χ1n) is 6.47. The third-order valence-electron chi connectivity index (χ3n) is 3.31. The molecule has 0 radical (unpaired) electrons. The van der Waals surface area contributed by atoms with Gasteiger partial charge in [0.15, 0.2) is 5.96 Å². The molecule has 4 nitrogen and oxygen atoms in total. The normalized spacial score (nSPS) is 23.4. The number of likely N-dealkylation sites (tertiary alicyclic amines) is 1. The molecule has 17 heavy (non-hydrogen) atoms. The van der Waals surface area contributed by atoms with Crippen molar-refractivity contribution in [3.05, 3.63) is 0 Å². The van der Waals surface area contributed by atoms with Crippen LogP contribution in [0.25, 0.3) is 0 Å². The Morgan fingerprint density at radius 1 is 1.65 bits per heavy atom. The molecule has 2 atom stereocenters. The van der Waals surface area contributed by atoms with E-state index in [1.807, 2.05) is 6.92 Å². The molecule has 1 fully saturated rings. The fourth-order valence-corrected chi connectivity index (χ4v) is 2.21. The van der Waals surface area contributed by atoms with E-state index in [1.165, 1.54) is 19.4 Å². The van der Waals surface area contributed by atoms with Crippen molar-refractivity contribution < 1.29 is 0 Å². The van der Waals surface area contributed by atoms with Gasteiger partial charge in [-0.25, -0.2) is 0 Å². The van der Waals surface area contributed by atoms with E-state index in [0.717, 1.165) is 19.5 Å². The number of rotatable bonds is 5. The zero-order chi connectivity index (χ0) is 12.7. The van der Waals surface area contributed by atoms with Gasteiger partial charge in [-0.3, -0.25) is 9.89 Å². The van der Waals surface area contributed by atoms with E-state index in [0.29, 0.717) is 12.0 Å². The molecule has 1 saturated heterocycles. The van der Waals surface area contributed by atoms with Crippen LogP contribution in [0.1, 0.15) is 33.1 Å². The van der Waals surface area contributed by atoms with E-state index in [1.54, 1.807) is 0 Å². The van der Waals surface area contributed by atoms with Crippen molar-refractivity contribution in [1.29, 1.82) is 0 Å². The topological polar surface area (TPSA) is 53.6 Å². The Morgan fingerprint density at radius 3 is 3.00 bits per heavy atom. The van der Waals surface area contributed by atoms with Crippen molar-refractivity contribution in [1.82, 2.24) is 10.2 Å². The average molecular weight is 236 g/mol. The predicted octanol–water partition coefficient (Wildman–Crippen LogP) is 0.787. The number of guanidine groups is 1. The molecule has 1 aliphatic heterocycles. The van der Waals surface area contributed by atoms with Gasteiger partial charge in [-0.05, 0) is 32.4 Å². The smallest absolute Gasteiger partial charge is 0.189 e. The van der Waals surface area contributed by atoms with Gasteiger partial charge in [0.2, 0.25) is 0 Å². The predicted molar refractivity (Wildman–Crippen MR) is 72.8 cm³/mol. The van der Waals surface area contributed by atoms with Crippen LogP contribution in [-0.4, -0.2) is 42.6 Å². The van der Waals surface area contributed by atoms with Crippen LogP contribution in [0.15, 0.2) is 4.99 Å². The fraction of sp³-hybridized carbons (Fsp3) is 0.769. The highest BCUT2D eigenvalue weighted by Gasteiger charge is 2.22. The summed E-state index contributed by atoms with van der Waals surface area (Å²) in [7, 11) is 0. The first-order chi connectivity index (χ1) is 8.21. The van der Waals surface area contributed by atoms with Gasteiger partial charge in [0, 0.05) is 6.04 Å².